The van der Waals surface area contributed by atoms with Crippen LogP contribution in [-0.4, -0.2) is 95.2 Å². The van der Waals surface area contributed by atoms with Gasteiger partial charge in [0, 0.05) is 61.5 Å². The fourth-order valence-electron chi connectivity index (χ4n) is 8.57. The number of ether oxygens (including phenoxy) is 1. The van der Waals surface area contributed by atoms with Crippen LogP contribution in [0.4, 0.5) is 16.2 Å². The number of urea groups is 1. The second-order valence-corrected chi connectivity index (χ2v) is 16.3. The van der Waals surface area contributed by atoms with Gasteiger partial charge in [-0.25, -0.2) is 9.78 Å². The van der Waals surface area contributed by atoms with Crippen molar-refractivity contribution in [1.82, 2.24) is 29.9 Å². The molecule has 1 aliphatic carbocycles. The van der Waals surface area contributed by atoms with Crippen molar-refractivity contribution < 1.29 is 23.9 Å². The molecule has 2 aromatic carbocycles. The Balaban J connectivity index is 0.810. The molecule has 4 aromatic rings. The predicted octanol–water partition coefficient (Wildman–Crippen LogP) is 7.49. The minimum Gasteiger partial charge on any atom is -0.494 e. The van der Waals surface area contributed by atoms with E-state index in [9.17, 15) is 19.2 Å². The number of halogens is 1. The summed E-state index contributed by atoms with van der Waals surface area (Å²) in [5, 5.41) is 11.5. The molecule has 2 aliphatic heterocycles. The van der Waals surface area contributed by atoms with Crippen LogP contribution in [0.1, 0.15) is 96.8 Å². The molecular weight excluding hydrogens is 744 g/mol. The number of methoxy groups -OCH3 is 1. The Morgan fingerprint density at radius 1 is 0.982 bits per heavy atom. The number of hydrogen-bond acceptors (Lipinski definition) is 8. The van der Waals surface area contributed by atoms with Gasteiger partial charge >= 0.3 is 6.03 Å². The first-order valence-corrected chi connectivity index (χ1v) is 20.6. The lowest BCUT2D eigenvalue weighted by Crippen LogP contribution is -2.49. The van der Waals surface area contributed by atoms with E-state index in [0.717, 1.165) is 68.5 Å². The number of carbonyl (C=O) groups excluding carboxylic acids is 4. The van der Waals surface area contributed by atoms with Crippen LogP contribution >= 0.6 is 11.6 Å². The molecule has 2 saturated heterocycles. The van der Waals surface area contributed by atoms with E-state index in [1.807, 2.05) is 36.1 Å². The number of piperidine rings is 1. The molecule has 1 saturated carbocycles. The Labute approximate surface area is 339 Å². The van der Waals surface area contributed by atoms with Crippen molar-refractivity contribution >= 4 is 57.6 Å². The van der Waals surface area contributed by atoms with Crippen molar-refractivity contribution in [3.63, 3.8) is 0 Å². The molecule has 3 aliphatic rings. The number of benzene rings is 2. The second-order valence-electron chi connectivity index (χ2n) is 15.9. The van der Waals surface area contributed by atoms with Crippen molar-refractivity contribution in [1.29, 1.82) is 0 Å². The number of anilines is 2. The van der Waals surface area contributed by atoms with Gasteiger partial charge in [-0.2, -0.15) is 5.10 Å². The summed E-state index contributed by atoms with van der Waals surface area (Å²) >= 11 is 6.39. The van der Waals surface area contributed by atoms with Gasteiger partial charge in [0.05, 0.1) is 35.1 Å². The summed E-state index contributed by atoms with van der Waals surface area (Å²) in [6, 6.07) is 14.1. The summed E-state index contributed by atoms with van der Waals surface area (Å²) < 4.78 is 7.72. The van der Waals surface area contributed by atoms with Crippen LogP contribution in [0.2, 0.25) is 5.02 Å². The normalized spacial score (nSPS) is 19.2. The Bertz CT molecular complexity index is 2110. The Hall–Kier alpha value is -5.01. The summed E-state index contributed by atoms with van der Waals surface area (Å²) in [6.07, 6.45) is 12.3. The van der Waals surface area contributed by atoms with Gasteiger partial charge in [-0.3, -0.25) is 29.3 Å². The largest absolute Gasteiger partial charge is 0.494 e. The molecule has 2 N–H and O–H groups in total. The van der Waals surface area contributed by atoms with Crippen LogP contribution in [0.3, 0.4) is 0 Å². The zero-order chi connectivity index (χ0) is 40.1. The molecule has 4 heterocycles. The van der Waals surface area contributed by atoms with Gasteiger partial charge in [0.25, 0.3) is 11.8 Å². The molecule has 0 unspecified atom stereocenters. The van der Waals surface area contributed by atoms with Crippen LogP contribution in [0.25, 0.3) is 10.9 Å². The highest BCUT2D eigenvalue weighted by molar-refractivity contribution is 6.34. The maximum absolute atomic E-state index is 13.4. The summed E-state index contributed by atoms with van der Waals surface area (Å²) in [5.41, 5.74) is 3.53. The zero-order valence-corrected chi connectivity index (χ0v) is 33.9. The van der Waals surface area contributed by atoms with Crippen molar-refractivity contribution in [2.24, 2.45) is 11.8 Å². The second kappa shape index (κ2) is 18.1. The van der Waals surface area contributed by atoms with Gasteiger partial charge in [0.2, 0.25) is 5.91 Å². The number of unbranched alkanes of at least 4 members (excludes halogenated alkanes) is 1. The molecule has 7 rings (SSSR count). The maximum atomic E-state index is 13.4. The van der Waals surface area contributed by atoms with Crippen LogP contribution in [0.15, 0.2) is 54.7 Å². The number of imide groups is 1. The minimum atomic E-state index is -0.520. The maximum Gasteiger partial charge on any atom is 0.328 e. The smallest absolute Gasteiger partial charge is 0.328 e. The quantitative estimate of drug-likeness (QED) is 0.133. The number of fused-ring (bicyclic) bond motifs is 1. The van der Waals surface area contributed by atoms with Gasteiger partial charge in [-0.05, 0) is 114 Å². The van der Waals surface area contributed by atoms with Crippen molar-refractivity contribution in [2.45, 2.75) is 77.2 Å². The lowest BCUT2D eigenvalue weighted by atomic mass is 9.85. The van der Waals surface area contributed by atoms with Gasteiger partial charge in [0.1, 0.15) is 11.4 Å². The monoisotopic (exact) mass is 796 g/mol. The minimum absolute atomic E-state index is 0.0533. The third-order valence-electron chi connectivity index (χ3n) is 11.8. The van der Waals surface area contributed by atoms with E-state index in [1.54, 1.807) is 31.4 Å². The van der Waals surface area contributed by atoms with E-state index in [-0.39, 0.29) is 30.7 Å². The number of aryl methyl sites for hydroxylation is 1. The fraction of sp³-hybridized carbons (Fsp3) is 0.488. The molecule has 0 atom stereocenters. The number of nitrogens with zero attached hydrogens (tertiary/aromatic N) is 6. The number of nitrogens with one attached hydrogen (secondary N) is 2. The number of amides is 5. The first kappa shape index (κ1) is 40.2. The van der Waals surface area contributed by atoms with Crippen molar-refractivity contribution in [3.05, 3.63) is 76.7 Å². The van der Waals surface area contributed by atoms with Crippen LogP contribution in [0, 0.1) is 18.8 Å². The molecular formula is C43H53ClN8O5. The molecule has 302 valence electrons. The van der Waals surface area contributed by atoms with Crippen molar-refractivity contribution in [3.8, 4) is 5.75 Å². The Morgan fingerprint density at radius 2 is 1.77 bits per heavy atom. The molecule has 13 nitrogen and oxygen atoms in total. The number of carbonyl (C=O) groups is 4. The summed E-state index contributed by atoms with van der Waals surface area (Å²) in [7, 11) is 3.84. The van der Waals surface area contributed by atoms with Crippen LogP contribution in [0.5, 0.6) is 5.75 Å². The fourth-order valence-corrected chi connectivity index (χ4v) is 8.79. The van der Waals surface area contributed by atoms with Gasteiger partial charge in [0.15, 0.2) is 0 Å². The van der Waals surface area contributed by atoms with E-state index >= 15 is 0 Å². The first-order valence-electron chi connectivity index (χ1n) is 20.2. The van der Waals surface area contributed by atoms with Gasteiger partial charge < -0.3 is 19.9 Å². The highest BCUT2D eigenvalue weighted by Crippen LogP contribution is 2.36. The van der Waals surface area contributed by atoms with E-state index in [4.69, 9.17) is 21.4 Å². The standard InChI is InChI=1S/C43H53ClN8O5/c1-28-7-6-9-35(45-28)41(54)46-37-23-32-27-52(48-36(32)25-39(37)57-3)33-13-10-30(11-14-33)26-49(2)19-5-4-8-29-16-20-50(21-17-29)42(55)31-12-15-34(44)38(24-31)51-22-18-40(53)47-43(51)56/h6-7,9,12,15,23-25,27,29-30,33H,4-5,8,10-11,13-14,16-22,26H2,1-3H3,(H,46,54)(H,47,53,56)/t30-,33-. The number of rotatable bonds is 13. The van der Waals surface area contributed by atoms with E-state index in [0.29, 0.717) is 51.3 Å². The third kappa shape index (κ3) is 9.76. The molecule has 57 heavy (non-hydrogen) atoms. The van der Waals surface area contributed by atoms with Crippen LogP contribution < -0.4 is 20.3 Å². The third-order valence-corrected chi connectivity index (χ3v) is 12.1. The van der Waals surface area contributed by atoms with Gasteiger partial charge in [-0.1, -0.05) is 30.5 Å². The van der Waals surface area contributed by atoms with Crippen LogP contribution in [-0.2, 0) is 4.79 Å². The highest BCUT2D eigenvalue weighted by atomic mass is 35.5. The van der Waals surface area contributed by atoms with E-state index in [2.05, 4.69) is 38.4 Å². The lowest BCUT2D eigenvalue weighted by molar-refractivity contribution is -0.120. The molecule has 0 bridgehead atoms. The summed E-state index contributed by atoms with van der Waals surface area (Å²) in [6.45, 7) is 5.73. The lowest BCUT2D eigenvalue weighted by Gasteiger charge is -2.33. The zero-order valence-electron chi connectivity index (χ0n) is 33.1. The molecule has 0 spiro atoms. The molecule has 14 heteroatoms. The molecule has 0 radical (unpaired) electrons. The Kier molecular flexibility index (Phi) is 12.7. The van der Waals surface area contributed by atoms with Crippen molar-refractivity contribution in [2.75, 3.05) is 57.1 Å². The summed E-state index contributed by atoms with van der Waals surface area (Å²) in [5.74, 6) is 1.21. The number of pyridine rings is 1. The first-order chi connectivity index (χ1) is 27.5. The molecule has 5 amide bonds. The molecule has 3 fully saturated rings. The SMILES string of the molecule is COc1cc2nn([C@H]3CC[C@H](CN(C)CCCCC4CCN(C(=O)c5ccc(Cl)c(N6CCC(=O)NC6=O)c5)CC4)CC3)cc2cc1NC(=O)c1cccc(C)n1. The van der Waals surface area contributed by atoms with Gasteiger partial charge in [-0.15, -0.1) is 0 Å². The van der Waals surface area contributed by atoms with E-state index < -0.39 is 6.03 Å². The average Bonchev–Trinajstić information content (AvgIpc) is 3.63. The average molecular weight is 797 g/mol. The number of likely N-dealkylation sites (tertiary alicyclic amines) is 1. The topological polar surface area (TPSA) is 142 Å². The number of hydrogen-bond donors (Lipinski definition) is 2. The Morgan fingerprint density at radius 3 is 2.51 bits per heavy atom. The summed E-state index contributed by atoms with van der Waals surface area (Å²) in [4.78, 5) is 60.5. The predicted molar refractivity (Wildman–Crippen MR) is 221 cm³/mol. The highest BCUT2D eigenvalue weighted by Gasteiger charge is 2.29. The molecule has 2 aromatic heterocycles. The number of aromatic nitrogens is 3. The van der Waals surface area contributed by atoms with E-state index in [1.165, 1.54) is 37.0 Å².